The first-order valence-corrected chi connectivity index (χ1v) is 3.33. The second-order valence-corrected chi connectivity index (χ2v) is 2.12. The van der Waals surface area contributed by atoms with Crippen molar-refractivity contribution in [1.82, 2.24) is 4.89 Å². The Morgan fingerprint density at radius 3 is 2.60 bits per heavy atom. The molecule has 0 saturated carbocycles. The highest BCUT2D eigenvalue weighted by molar-refractivity contribution is 7.76. The Bertz CT molecular complexity index is 178. The zero-order chi connectivity index (χ0) is 8.15. The molecular weight excluding hydrogens is 158 g/mol. The van der Waals surface area contributed by atoms with Gasteiger partial charge in [-0.15, -0.1) is 0 Å². The summed E-state index contributed by atoms with van der Waals surface area (Å²) in [5.74, 6) is -0.802. The van der Waals surface area contributed by atoms with Crippen LogP contribution in [0.4, 0.5) is 0 Å². The van der Waals surface area contributed by atoms with Crippen molar-refractivity contribution in [2.45, 2.75) is 6.92 Å². The van der Waals surface area contributed by atoms with Gasteiger partial charge in [-0.3, -0.25) is 4.21 Å². The van der Waals surface area contributed by atoms with Gasteiger partial charge < -0.3 is 9.39 Å². The summed E-state index contributed by atoms with van der Waals surface area (Å²) in [6.07, 6.45) is 0. The van der Waals surface area contributed by atoms with Gasteiger partial charge in [0.05, 0.1) is 11.3 Å². The Hall–Kier alpha value is -0.720. The lowest BCUT2D eigenvalue weighted by molar-refractivity contribution is -0.142. The van der Waals surface area contributed by atoms with Gasteiger partial charge >= 0.3 is 5.97 Å². The first-order valence-electron chi connectivity index (χ1n) is 2.25. The molecule has 0 aliphatic heterocycles. The zero-order valence-electron chi connectivity index (χ0n) is 5.25. The molecular formula is C4H6NO4S-. The molecule has 5 nitrogen and oxygen atoms in total. The molecule has 6 heteroatoms. The normalized spacial score (nSPS) is 12.2. The Morgan fingerprint density at radius 1 is 1.80 bits per heavy atom. The SMILES string of the molecule is C=C(C)C(=O)ONS(=O)[O-]. The van der Waals surface area contributed by atoms with Crippen molar-refractivity contribution in [3.8, 4) is 0 Å². The van der Waals surface area contributed by atoms with Crippen LogP contribution in [-0.4, -0.2) is 14.7 Å². The van der Waals surface area contributed by atoms with Crippen LogP contribution in [0.3, 0.4) is 0 Å². The van der Waals surface area contributed by atoms with Gasteiger partial charge in [-0.2, -0.15) is 0 Å². The van der Waals surface area contributed by atoms with E-state index in [0.29, 0.717) is 0 Å². The van der Waals surface area contributed by atoms with Crippen LogP contribution in [0.2, 0.25) is 0 Å². The fourth-order valence-corrected chi connectivity index (χ4v) is 0.303. The summed E-state index contributed by atoms with van der Waals surface area (Å²) in [4.78, 5) is 15.8. The number of rotatable bonds is 3. The Kier molecular flexibility index (Phi) is 3.85. The van der Waals surface area contributed by atoms with Gasteiger partial charge in [-0.05, 0) is 6.92 Å². The maximum atomic E-state index is 10.4. The Balaban J connectivity index is 3.60. The molecule has 0 heterocycles. The van der Waals surface area contributed by atoms with Crippen LogP contribution in [0.5, 0.6) is 0 Å². The van der Waals surface area contributed by atoms with E-state index in [1.54, 1.807) is 0 Å². The second-order valence-electron chi connectivity index (χ2n) is 1.49. The molecule has 0 spiro atoms. The monoisotopic (exact) mass is 164 g/mol. The van der Waals surface area contributed by atoms with Gasteiger partial charge in [-0.25, -0.2) is 4.79 Å². The summed E-state index contributed by atoms with van der Waals surface area (Å²) >= 11 is -2.59. The molecule has 0 amide bonds. The summed E-state index contributed by atoms with van der Waals surface area (Å²) < 4.78 is 19.4. The second kappa shape index (κ2) is 4.15. The molecule has 0 aromatic rings. The van der Waals surface area contributed by atoms with Crippen LogP contribution in [0.25, 0.3) is 0 Å². The van der Waals surface area contributed by atoms with Crippen LogP contribution in [0.15, 0.2) is 12.2 Å². The summed E-state index contributed by atoms with van der Waals surface area (Å²) in [7, 11) is 0. The van der Waals surface area contributed by atoms with E-state index in [1.165, 1.54) is 11.8 Å². The van der Waals surface area contributed by atoms with Crippen LogP contribution >= 0.6 is 0 Å². The highest BCUT2D eigenvalue weighted by atomic mass is 32.2. The molecule has 0 aliphatic rings. The molecule has 1 atom stereocenters. The van der Waals surface area contributed by atoms with E-state index in [9.17, 15) is 13.6 Å². The minimum absolute atomic E-state index is 0.123. The van der Waals surface area contributed by atoms with E-state index in [0.717, 1.165) is 0 Å². The average Bonchev–Trinajstić information content (AvgIpc) is 1.82. The van der Waals surface area contributed by atoms with Crippen molar-refractivity contribution in [3.05, 3.63) is 12.2 Å². The van der Waals surface area contributed by atoms with Crippen molar-refractivity contribution < 1.29 is 18.4 Å². The van der Waals surface area contributed by atoms with Crippen LogP contribution in [-0.2, 0) is 20.9 Å². The van der Waals surface area contributed by atoms with Gasteiger partial charge in [0.25, 0.3) is 0 Å². The van der Waals surface area contributed by atoms with Crippen molar-refractivity contribution in [2.75, 3.05) is 0 Å². The van der Waals surface area contributed by atoms with Crippen LogP contribution in [0.1, 0.15) is 6.92 Å². The van der Waals surface area contributed by atoms with Gasteiger partial charge in [0.2, 0.25) is 0 Å². The third-order valence-corrected chi connectivity index (χ3v) is 0.770. The molecule has 0 fully saturated rings. The number of carbonyl (C=O) groups excluding carboxylic acids is 1. The van der Waals surface area contributed by atoms with Crippen molar-refractivity contribution >= 4 is 17.2 Å². The predicted molar refractivity (Wildman–Crippen MR) is 33.0 cm³/mol. The van der Waals surface area contributed by atoms with Gasteiger partial charge in [0, 0.05) is 5.57 Å². The smallest absolute Gasteiger partial charge is 0.352 e. The molecule has 0 radical (unpaired) electrons. The highest BCUT2D eigenvalue weighted by Crippen LogP contribution is 1.88. The first kappa shape index (κ1) is 9.28. The molecule has 0 aliphatic carbocycles. The lowest BCUT2D eigenvalue weighted by Gasteiger charge is -2.05. The summed E-state index contributed by atoms with van der Waals surface area (Å²) in [5, 5.41) is 0. The lowest BCUT2D eigenvalue weighted by Crippen LogP contribution is -2.21. The molecule has 0 rings (SSSR count). The van der Waals surface area contributed by atoms with Gasteiger partial charge in [-0.1, -0.05) is 11.5 Å². The van der Waals surface area contributed by atoms with E-state index in [4.69, 9.17) is 0 Å². The Labute approximate surface area is 60.4 Å². The van der Waals surface area contributed by atoms with E-state index in [-0.39, 0.29) is 5.57 Å². The van der Waals surface area contributed by atoms with Crippen LogP contribution in [0, 0.1) is 0 Å². The largest absolute Gasteiger partial charge is 0.758 e. The zero-order valence-corrected chi connectivity index (χ0v) is 6.06. The molecule has 58 valence electrons. The predicted octanol–water partition coefficient (Wildman–Crippen LogP) is -0.596. The molecule has 0 aromatic carbocycles. The molecule has 1 N–H and O–H groups in total. The van der Waals surface area contributed by atoms with E-state index in [1.807, 2.05) is 0 Å². The standard InChI is InChI=1S/C4H7NO4S/c1-3(2)4(6)9-5-10(7)8/h5H,1H2,2H3,(H,7,8)/p-1. The fraction of sp³-hybridized carbons (Fsp3) is 0.250. The third kappa shape index (κ3) is 4.19. The Morgan fingerprint density at radius 2 is 2.30 bits per heavy atom. The van der Waals surface area contributed by atoms with Crippen LogP contribution < -0.4 is 4.89 Å². The highest BCUT2D eigenvalue weighted by Gasteiger charge is 2.00. The van der Waals surface area contributed by atoms with E-state index < -0.39 is 17.2 Å². The number of hydrogen-bond donors (Lipinski definition) is 1. The molecule has 0 aromatic heterocycles. The van der Waals surface area contributed by atoms with Gasteiger partial charge in [0.1, 0.15) is 0 Å². The molecule has 0 saturated heterocycles. The van der Waals surface area contributed by atoms with E-state index in [2.05, 4.69) is 11.4 Å². The molecule has 1 unspecified atom stereocenters. The third-order valence-electron chi connectivity index (χ3n) is 0.551. The molecule has 10 heavy (non-hydrogen) atoms. The van der Waals surface area contributed by atoms with Crippen molar-refractivity contribution in [2.24, 2.45) is 0 Å². The summed E-state index contributed by atoms with van der Waals surface area (Å²) in [6, 6.07) is 0. The van der Waals surface area contributed by atoms with Crippen molar-refractivity contribution in [3.63, 3.8) is 0 Å². The maximum absolute atomic E-state index is 10.4. The quantitative estimate of drug-likeness (QED) is 0.343. The minimum atomic E-state index is -2.59. The average molecular weight is 164 g/mol. The van der Waals surface area contributed by atoms with Gasteiger partial charge in [0.15, 0.2) is 0 Å². The fourth-order valence-electron chi connectivity index (χ4n) is 0.159. The molecule has 0 bridgehead atoms. The maximum Gasteiger partial charge on any atom is 0.352 e. The van der Waals surface area contributed by atoms with Crippen molar-refractivity contribution in [1.29, 1.82) is 0 Å². The van der Waals surface area contributed by atoms with E-state index >= 15 is 0 Å². The minimum Gasteiger partial charge on any atom is -0.758 e. The first-order chi connectivity index (χ1) is 4.54. The number of nitrogens with one attached hydrogen (secondary N) is 1. The summed E-state index contributed by atoms with van der Waals surface area (Å²) in [6.45, 7) is 4.62. The number of carbonyl (C=O) groups is 1. The number of hydrogen-bond acceptors (Lipinski definition) is 4. The summed E-state index contributed by atoms with van der Waals surface area (Å²) in [5.41, 5.74) is 0.123. The topological polar surface area (TPSA) is 78.5 Å². The lowest BCUT2D eigenvalue weighted by atomic mass is 10.4.